The van der Waals surface area contributed by atoms with E-state index in [2.05, 4.69) is 32.2 Å². The second-order valence-corrected chi connectivity index (χ2v) is 4.54. The third-order valence-corrected chi connectivity index (χ3v) is 3.32. The smallest absolute Gasteiger partial charge is 0.0682 e. The van der Waals surface area contributed by atoms with Crippen molar-refractivity contribution >= 4 is 21.6 Å². The minimum atomic E-state index is 0.104. The molecule has 1 aromatic rings. The molecule has 1 aliphatic rings. The lowest BCUT2D eigenvalue weighted by molar-refractivity contribution is 0.282. The van der Waals surface area contributed by atoms with Crippen molar-refractivity contribution in [3.63, 3.8) is 0 Å². The highest BCUT2D eigenvalue weighted by Crippen LogP contribution is 2.27. The van der Waals surface area contributed by atoms with Gasteiger partial charge in [-0.05, 0) is 33.6 Å². The first-order valence-corrected chi connectivity index (χ1v) is 5.95. The summed E-state index contributed by atoms with van der Waals surface area (Å²) in [4.78, 5) is 2.33. The number of aliphatic hydroxyl groups excluding tert-OH is 1. The molecule has 0 atom stereocenters. The van der Waals surface area contributed by atoms with Crippen molar-refractivity contribution in [2.75, 3.05) is 31.1 Å². The standard InChI is InChI=1S/C11H15BrN2O/c12-10-2-1-9(8-15)7-11(10)14-5-3-13-4-6-14/h1-2,7,13,15H,3-6,8H2. The lowest BCUT2D eigenvalue weighted by Gasteiger charge is -2.30. The molecule has 82 valence electrons. The summed E-state index contributed by atoms with van der Waals surface area (Å²) < 4.78 is 1.10. The van der Waals surface area contributed by atoms with Gasteiger partial charge in [0.25, 0.3) is 0 Å². The lowest BCUT2D eigenvalue weighted by atomic mass is 10.2. The lowest BCUT2D eigenvalue weighted by Crippen LogP contribution is -2.43. The Bertz CT molecular complexity index is 337. The molecule has 0 saturated carbocycles. The van der Waals surface area contributed by atoms with Crippen LogP contribution in [-0.2, 0) is 6.61 Å². The van der Waals surface area contributed by atoms with E-state index in [0.29, 0.717) is 0 Å². The van der Waals surface area contributed by atoms with Crippen molar-refractivity contribution in [1.82, 2.24) is 5.32 Å². The van der Waals surface area contributed by atoms with Gasteiger partial charge < -0.3 is 15.3 Å². The van der Waals surface area contributed by atoms with Crippen LogP contribution < -0.4 is 10.2 Å². The largest absolute Gasteiger partial charge is 0.392 e. The van der Waals surface area contributed by atoms with Gasteiger partial charge in [0.15, 0.2) is 0 Å². The molecule has 2 N–H and O–H groups in total. The van der Waals surface area contributed by atoms with Gasteiger partial charge in [-0.2, -0.15) is 0 Å². The van der Waals surface area contributed by atoms with Gasteiger partial charge in [-0.25, -0.2) is 0 Å². The molecule has 2 rings (SSSR count). The molecule has 0 aliphatic carbocycles. The topological polar surface area (TPSA) is 35.5 Å². The molecule has 1 fully saturated rings. The number of piperazine rings is 1. The van der Waals surface area contributed by atoms with E-state index in [1.807, 2.05) is 12.1 Å². The summed E-state index contributed by atoms with van der Waals surface area (Å²) in [6.07, 6.45) is 0. The van der Waals surface area contributed by atoms with Crippen LogP contribution in [0.25, 0.3) is 0 Å². The average Bonchev–Trinajstić information content (AvgIpc) is 2.31. The van der Waals surface area contributed by atoms with E-state index >= 15 is 0 Å². The summed E-state index contributed by atoms with van der Waals surface area (Å²) in [5.41, 5.74) is 2.15. The summed E-state index contributed by atoms with van der Waals surface area (Å²) in [7, 11) is 0. The zero-order valence-corrected chi connectivity index (χ0v) is 10.1. The van der Waals surface area contributed by atoms with Gasteiger partial charge in [-0.15, -0.1) is 0 Å². The van der Waals surface area contributed by atoms with E-state index in [9.17, 15) is 0 Å². The SMILES string of the molecule is OCc1ccc(Br)c(N2CCNCC2)c1. The summed E-state index contributed by atoms with van der Waals surface area (Å²) >= 11 is 3.55. The molecule has 1 aromatic carbocycles. The minimum absolute atomic E-state index is 0.104. The Balaban J connectivity index is 2.24. The molecular formula is C11H15BrN2O. The van der Waals surface area contributed by atoms with E-state index in [1.165, 1.54) is 5.69 Å². The Hall–Kier alpha value is -0.580. The van der Waals surface area contributed by atoms with Crippen LogP contribution in [0.1, 0.15) is 5.56 Å². The Labute approximate surface area is 98.2 Å². The summed E-state index contributed by atoms with van der Waals surface area (Å²) in [6, 6.07) is 5.99. The molecule has 3 nitrogen and oxygen atoms in total. The first-order valence-electron chi connectivity index (χ1n) is 5.16. The molecule has 1 heterocycles. The molecular weight excluding hydrogens is 256 g/mol. The molecule has 0 spiro atoms. The van der Waals surface area contributed by atoms with E-state index in [0.717, 1.165) is 36.2 Å². The van der Waals surface area contributed by atoms with Gasteiger partial charge in [0.1, 0.15) is 0 Å². The monoisotopic (exact) mass is 270 g/mol. The van der Waals surface area contributed by atoms with Crippen LogP contribution in [0, 0.1) is 0 Å². The molecule has 0 radical (unpaired) electrons. The van der Waals surface area contributed by atoms with Crippen LogP contribution in [0.15, 0.2) is 22.7 Å². The van der Waals surface area contributed by atoms with Gasteiger partial charge in [0.2, 0.25) is 0 Å². The molecule has 0 aromatic heterocycles. The van der Waals surface area contributed by atoms with E-state index in [-0.39, 0.29) is 6.61 Å². The molecule has 15 heavy (non-hydrogen) atoms. The van der Waals surface area contributed by atoms with Crippen molar-refractivity contribution < 1.29 is 5.11 Å². The number of hydrogen-bond donors (Lipinski definition) is 2. The minimum Gasteiger partial charge on any atom is -0.392 e. The second-order valence-electron chi connectivity index (χ2n) is 3.68. The quantitative estimate of drug-likeness (QED) is 0.852. The van der Waals surface area contributed by atoms with Crippen LogP contribution >= 0.6 is 15.9 Å². The van der Waals surface area contributed by atoms with Crippen LogP contribution in [-0.4, -0.2) is 31.3 Å². The fourth-order valence-electron chi connectivity index (χ4n) is 1.80. The van der Waals surface area contributed by atoms with Gasteiger partial charge in [-0.1, -0.05) is 6.07 Å². The van der Waals surface area contributed by atoms with Gasteiger partial charge in [0, 0.05) is 30.7 Å². The number of halogens is 1. The summed E-state index contributed by atoms with van der Waals surface area (Å²) in [5.74, 6) is 0. The number of benzene rings is 1. The van der Waals surface area contributed by atoms with Crippen molar-refractivity contribution in [2.45, 2.75) is 6.61 Å². The molecule has 0 unspecified atom stereocenters. The number of hydrogen-bond acceptors (Lipinski definition) is 3. The number of aliphatic hydroxyl groups is 1. The van der Waals surface area contributed by atoms with E-state index in [4.69, 9.17) is 5.11 Å². The molecule has 1 aliphatic heterocycles. The van der Waals surface area contributed by atoms with Crippen molar-refractivity contribution in [3.8, 4) is 0 Å². The molecule has 0 amide bonds. The molecule has 0 bridgehead atoms. The average molecular weight is 271 g/mol. The number of anilines is 1. The zero-order valence-electron chi connectivity index (χ0n) is 8.54. The Kier molecular flexibility index (Phi) is 3.61. The summed E-state index contributed by atoms with van der Waals surface area (Å²) in [5, 5.41) is 12.4. The molecule has 4 heteroatoms. The van der Waals surface area contributed by atoms with Gasteiger partial charge in [-0.3, -0.25) is 0 Å². The van der Waals surface area contributed by atoms with Gasteiger partial charge in [0.05, 0.1) is 12.3 Å². The summed E-state index contributed by atoms with van der Waals surface area (Å²) in [6.45, 7) is 4.19. The fraction of sp³-hybridized carbons (Fsp3) is 0.455. The highest BCUT2D eigenvalue weighted by Gasteiger charge is 2.13. The first-order chi connectivity index (χ1) is 7.31. The normalized spacial score (nSPS) is 16.8. The predicted molar refractivity (Wildman–Crippen MR) is 65.1 cm³/mol. The Morgan fingerprint density at radius 3 is 2.73 bits per heavy atom. The Morgan fingerprint density at radius 2 is 2.07 bits per heavy atom. The maximum absolute atomic E-state index is 9.11. The maximum Gasteiger partial charge on any atom is 0.0682 e. The maximum atomic E-state index is 9.11. The Morgan fingerprint density at radius 1 is 1.33 bits per heavy atom. The zero-order chi connectivity index (χ0) is 10.7. The van der Waals surface area contributed by atoms with Crippen molar-refractivity contribution in [1.29, 1.82) is 0 Å². The third-order valence-electron chi connectivity index (χ3n) is 2.65. The van der Waals surface area contributed by atoms with E-state index in [1.54, 1.807) is 0 Å². The van der Waals surface area contributed by atoms with Crippen LogP contribution in [0.4, 0.5) is 5.69 Å². The highest BCUT2D eigenvalue weighted by atomic mass is 79.9. The van der Waals surface area contributed by atoms with Crippen molar-refractivity contribution in [2.24, 2.45) is 0 Å². The van der Waals surface area contributed by atoms with E-state index < -0.39 is 0 Å². The number of rotatable bonds is 2. The van der Waals surface area contributed by atoms with Gasteiger partial charge >= 0.3 is 0 Å². The number of nitrogens with zero attached hydrogens (tertiary/aromatic N) is 1. The number of nitrogens with one attached hydrogen (secondary N) is 1. The highest BCUT2D eigenvalue weighted by molar-refractivity contribution is 9.10. The van der Waals surface area contributed by atoms with Crippen molar-refractivity contribution in [3.05, 3.63) is 28.2 Å². The predicted octanol–water partition coefficient (Wildman–Crippen LogP) is 1.35. The van der Waals surface area contributed by atoms with Crippen LogP contribution in [0.5, 0.6) is 0 Å². The first kappa shape index (κ1) is 10.9. The van der Waals surface area contributed by atoms with Crippen LogP contribution in [0.2, 0.25) is 0 Å². The molecule has 1 saturated heterocycles. The second kappa shape index (κ2) is 4.96. The fourth-order valence-corrected chi connectivity index (χ4v) is 2.30. The third kappa shape index (κ3) is 2.51. The van der Waals surface area contributed by atoms with Crippen LogP contribution in [0.3, 0.4) is 0 Å².